The van der Waals surface area contributed by atoms with Gasteiger partial charge in [0.25, 0.3) is 0 Å². The molecule has 18 heavy (non-hydrogen) atoms. The molecule has 3 atom stereocenters. The monoisotopic (exact) mass is 249 g/mol. The highest BCUT2D eigenvalue weighted by molar-refractivity contribution is 5.87. The van der Waals surface area contributed by atoms with Crippen LogP contribution in [0.25, 0.3) is 0 Å². The van der Waals surface area contributed by atoms with Gasteiger partial charge in [-0.25, -0.2) is 4.79 Å². The quantitative estimate of drug-likeness (QED) is 0.832. The SMILES string of the molecule is COC(=O)c1occc1CNC1CC2CCC1C2. The van der Waals surface area contributed by atoms with Crippen LogP contribution >= 0.6 is 0 Å². The zero-order chi connectivity index (χ0) is 12.5. The van der Waals surface area contributed by atoms with Crippen molar-refractivity contribution in [3.05, 3.63) is 23.7 Å². The lowest BCUT2D eigenvalue weighted by atomic mass is 9.95. The van der Waals surface area contributed by atoms with Crippen LogP contribution in [0.1, 0.15) is 41.8 Å². The number of hydrogen-bond donors (Lipinski definition) is 1. The summed E-state index contributed by atoms with van der Waals surface area (Å²) >= 11 is 0. The summed E-state index contributed by atoms with van der Waals surface area (Å²) in [4.78, 5) is 11.5. The van der Waals surface area contributed by atoms with Crippen molar-refractivity contribution in [3.63, 3.8) is 0 Å². The summed E-state index contributed by atoms with van der Waals surface area (Å²) < 4.78 is 9.88. The Hall–Kier alpha value is -1.29. The van der Waals surface area contributed by atoms with Crippen LogP contribution < -0.4 is 5.32 Å². The summed E-state index contributed by atoms with van der Waals surface area (Å²) in [6, 6.07) is 2.45. The van der Waals surface area contributed by atoms with E-state index in [4.69, 9.17) is 9.15 Å². The molecular weight excluding hydrogens is 230 g/mol. The highest BCUT2D eigenvalue weighted by atomic mass is 16.5. The van der Waals surface area contributed by atoms with Gasteiger partial charge in [-0.1, -0.05) is 6.42 Å². The molecule has 3 rings (SSSR count). The Morgan fingerprint density at radius 2 is 2.39 bits per heavy atom. The molecular formula is C14H19NO3. The number of ether oxygens (including phenoxy) is 1. The van der Waals surface area contributed by atoms with E-state index in [1.54, 1.807) is 6.26 Å². The van der Waals surface area contributed by atoms with Crippen molar-refractivity contribution in [1.82, 2.24) is 5.32 Å². The van der Waals surface area contributed by atoms with Crippen LogP contribution in [0.4, 0.5) is 0 Å². The van der Waals surface area contributed by atoms with Gasteiger partial charge < -0.3 is 14.5 Å². The minimum absolute atomic E-state index is 0.327. The topological polar surface area (TPSA) is 51.5 Å². The number of carbonyl (C=O) groups excluding carboxylic acids is 1. The molecule has 0 spiro atoms. The molecule has 1 aromatic heterocycles. The standard InChI is InChI=1S/C14H19NO3/c1-17-14(16)13-11(4-5-18-13)8-15-12-7-9-2-3-10(12)6-9/h4-5,9-10,12,15H,2-3,6-8H2,1H3. The van der Waals surface area contributed by atoms with Gasteiger partial charge in [-0.15, -0.1) is 0 Å². The second-order valence-corrected chi connectivity index (χ2v) is 5.43. The Bertz CT molecular complexity index is 440. The van der Waals surface area contributed by atoms with Crippen LogP contribution in [0.2, 0.25) is 0 Å². The van der Waals surface area contributed by atoms with Crippen LogP contribution in [0.5, 0.6) is 0 Å². The second-order valence-electron chi connectivity index (χ2n) is 5.43. The number of methoxy groups -OCH3 is 1. The zero-order valence-corrected chi connectivity index (χ0v) is 10.6. The van der Waals surface area contributed by atoms with E-state index >= 15 is 0 Å². The third-order valence-corrected chi connectivity index (χ3v) is 4.41. The van der Waals surface area contributed by atoms with Gasteiger partial charge in [0.2, 0.25) is 5.76 Å². The molecule has 1 aromatic rings. The van der Waals surface area contributed by atoms with E-state index in [9.17, 15) is 4.79 Å². The summed E-state index contributed by atoms with van der Waals surface area (Å²) in [5.74, 6) is 1.69. The lowest BCUT2D eigenvalue weighted by molar-refractivity contribution is 0.0563. The van der Waals surface area contributed by atoms with Crippen molar-refractivity contribution in [2.75, 3.05) is 7.11 Å². The van der Waals surface area contributed by atoms with E-state index in [0.717, 1.165) is 17.4 Å². The molecule has 2 saturated carbocycles. The third-order valence-electron chi connectivity index (χ3n) is 4.41. The van der Waals surface area contributed by atoms with E-state index in [2.05, 4.69) is 5.32 Å². The fourth-order valence-electron chi connectivity index (χ4n) is 3.48. The maximum Gasteiger partial charge on any atom is 0.374 e. The molecule has 98 valence electrons. The zero-order valence-electron chi connectivity index (χ0n) is 10.6. The molecule has 4 heteroatoms. The smallest absolute Gasteiger partial charge is 0.374 e. The average molecular weight is 249 g/mol. The molecule has 1 N–H and O–H groups in total. The van der Waals surface area contributed by atoms with Crippen molar-refractivity contribution in [2.45, 2.75) is 38.3 Å². The van der Waals surface area contributed by atoms with Gasteiger partial charge in [0.15, 0.2) is 0 Å². The van der Waals surface area contributed by atoms with Crippen LogP contribution in [0, 0.1) is 11.8 Å². The fourth-order valence-corrected chi connectivity index (χ4v) is 3.48. The molecule has 0 aromatic carbocycles. The summed E-state index contributed by atoms with van der Waals surface area (Å²) in [6.45, 7) is 0.689. The van der Waals surface area contributed by atoms with Gasteiger partial charge in [-0.3, -0.25) is 0 Å². The second kappa shape index (κ2) is 4.76. The Morgan fingerprint density at radius 1 is 1.50 bits per heavy atom. The highest BCUT2D eigenvalue weighted by Gasteiger charge is 2.39. The lowest BCUT2D eigenvalue weighted by Gasteiger charge is -2.22. The third kappa shape index (κ3) is 2.05. The first-order valence-electron chi connectivity index (χ1n) is 6.66. The Labute approximate surface area is 107 Å². The van der Waals surface area contributed by atoms with Crippen molar-refractivity contribution >= 4 is 5.97 Å². The lowest BCUT2D eigenvalue weighted by Crippen LogP contribution is -2.33. The molecule has 0 radical (unpaired) electrons. The van der Waals surface area contributed by atoms with Crippen molar-refractivity contribution < 1.29 is 13.9 Å². The van der Waals surface area contributed by atoms with Crippen LogP contribution in [0.15, 0.2) is 16.7 Å². The molecule has 4 nitrogen and oxygen atoms in total. The molecule has 2 aliphatic carbocycles. The van der Waals surface area contributed by atoms with Gasteiger partial charge in [0.1, 0.15) is 0 Å². The average Bonchev–Trinajstić information content (AvgIpc) is 3.10. The van der Waals surface area contributed by atoms with Gasteiger partial charge in [-0.05, 0) is 37.2 Å². The van der Waals surface area contributed by atoms with E-state index in [0.29, 0.717) is 18.3 Å². The summed E-state index contributed by atoms with van der Waals surface area (Å²) in [6.07, 6.45) is 6.98. The van der Waals surface area contributed by atoms with E-state index in [1.807, 2.05) is 6.07 Å². The summed E-state index contributed by atoms with van der Waals surface area (Å²) in [5.41, 5.74) is 0.893. The molecule has 2 bridgehead atoms. The number of nitrogens with one attached hydrogen (secondary N) is 1. The number of hydrogen-bond acceptors (Lipinski definition) is 4. The normalized spacial score (nSPS) is 29.7. The van der Waals surface area contributed by atoms with Crippen LogP contribution in [0.3, 0.4) is 0 Å². The van der Waals surface area contributed by atoms with Gasteiger partial charge in [-0.2, -0.15) is 0 Å². The first-order valence-corrected chi connectivity index (χ1v) is 6.66. The van der Waals surface area contributed by atoms with E-state index < -0.39 is 5.97 Å². The maximum absolute atomic E-state index is 11.5. The number of carbonyl (C=O) groups is 1. The Kier molecular flexibility index (Phi) is 3.12. The van der Waals surface area contributed by atoms with Crippen LogP contribution in [-0.2, 0) is 11.3 Å². The molecule has 3 unspecified atom stereocenters. The number of fused-ring (bicyclic) bond motifs is 2. The fraction of sp³-hybridized carbons (Fsp3) is 0.643. The highest BCUT2D eigenvalue weighted by Crippen LogP contribution is 2.44. The predicted molar refractivity (Wildman–Crippen MR) is 66.1 cm³/mol. The Morgan fingerprint density at radius 3 is 3.06 bits per heavy atom. The van der Waals surface area contributed by atoms with E-state index in [-0.39, 0.29) is 0 Å². The summed E-state index contributed by atoms with van der Waals surface area (Å²) in [5, 5.41) is 3.57. The Balaban J connectivity index is 1.60. The van der Waals surface area contributed by atoms with Crippen molar-refractivity contribution in [3.8, 4) is 0 Å². The van der Waals surface area contributed by atoms with Crippen molar-refractivity contribution in [1.29, 1.82) is 0 Å². The minimum atomic E-state index is -0.398. The summed E-state index contributed by atoms with van der Waals surface area (Å²) in [7, 11) is 1.37. The van der Waals surface area contributed by atoms with Crippen LogP contribution in [-0.4, -0.2) is 19.1 Å². The number of esters is 1. The van der Waals surface area contributed by atoms with Gasteiger partial charge >= 0.3 is 5.97 Å². The number of furan rings is 1. The van der Waals surface area contributed by atoms with Gasteiger partial charge in [0.05, 0.1) is 13.4 Å². The first kappa shape index (κ1) is 11.8. The van der Waals surface area contributed by atoms with Gasteiger partial charge in [0, 0.05) is 18.2 Å². The van der Waals surface area contributed by atoms with E-state index in [1.165, 1.54) is 32.8 Å². The minimum Gasteiger partial charge on any atom is -0.463 e. The largest absolute Gasteiger partial charge is 0.463 e. The molecule has 0 aliphatic heterocycles. The molecule has 1 heterocycles. The molecule has 2 aliphatic rings. The molecule has 0 amide bonds. The number of rotatable bonds is 4. The maximum atomic E-state index is 11.5. The van der Waals surface area contributed by atoms with Crippen molar-refractivity contribution in [2.24, 2.45) is 11.8 Å². The molecule has 0 saturated heterocycles. The molecule has 2 fully saturated rings. The predicted octanol–water partition coefficient (Wildman–Crippen LogP) is 2.34. The first-order chi connectivity index (χ1) is 8.78.